The van der Waals surface area contributed by atoms with Crippen molar-refractivity contribution in [3.8, 4) is 5.75 Å². The average molecular weight is 535 g/mol. The van der Waals surface area contributed by atoms with Crippen molar-refractivity contribution in [1.29, 1.82) is 0 Å². The fraction of sp³-hybridized carbons (Fsp3) is 0.556. The molecule has 0 aliphatic carbocycles. The normalized spacial score (nSPS) is 11.1. The van der Waals surface area contributed by atoms with Gasteiger partial charge in [-0.2, -0.15) is 0 Å². The van der Waals surface area contributed by atoms with Crippen LogP contribution in [0, 0.1) is 0 Å². The molecule has 0 fully saturated rings. The highest BCUT2D eigenvalue weighted by molar-refractivity contribution is 6.00. The van der Waals surface area contributed by atoms with E-state index in [-0.39, 0.29) is 29.5 Å². The highest BCUT2D eigenvalue weighted by atomic mass is 16.6. The van der Waals surface area contributed by atoms with Gasteiger partial charge in [-0.25, -0.2) is 9.59 Å². The maximum atomic E-state index is 12.7. The first-order valence-electron chi connectivity index (χ1n) is 12.6. The van der Waals surface area contributed by atoms with E-state index in [1.165, 1.54) is 6.07 Å². The van der Waals surface area contributed by atoms with Gasteiger partial charge in [-0.15, -0.1) is 0 Å². The molecule has 0 bridgehead atoms. The lowest BCUT2D eigenvalue weighted by molar-refractivity contribution is 0.0515. The van der Waals surface area contributed by atoms with Crippen LogP contribution in [0.15, 0.2) is 30.9 Å². The van der Waals surface area contributed by atoms with E-state index in [9.17, 15) is 19.2 Å². The smallest absolute Gasteiger partial charge is 0.407 e. The number of amides is 4. The Morgan fingerprint density at radius 2 is 1.11 bits per heavy atom. The Morgan fingerprint density at radius 3 is 1.47 bits per heavy atom. The highest BCUT2D eigenvalue weighted by Crippen LogP contribution is 2.18. The molecule has 4 amide bonds. The Hall–Kier alpha value is -3.76. The van der Waals surface area contributed by atoms with E-state index in [2.05, 4.69) is 27.8 Å². The van der Waals surface area contributed by atoms with E-state index < -0.39 is 23.4 Å². The zero-order valence-electron chi connectivity index (χ0n) is 23.3. The number of benzene rings is 1. The second-order valence-corrected chi connectivity index (χ2v) is 10.4. The van der Waals surface area contributed by atoms with E-state index in [4.69, 9.17) is 14.2 Å². The minimum atomic E-state index is -0.585. The second kappa shape index (κ2) is 15.5. The van der Waals surface area contributed by atoms with Crippen LogP contribution in [-0.2, 0) is 9.47 Å². The lowest BCUT2D eigenvalue weighted by Crippen LogP contribution is -2.34. The lowest BCUT2D eigenvalue weighted by atomic mass is 10.1. The van der Waals surface area contributed by atoms with Gasteiger partial charge in [-0.1, -0.05) is 12.7 Å². The van der Waals surface area contributed by atoms with Gasteiger partial charge in [0.25, 0.3) is 11.8 Å². The predicted molar refractivity (Wildman–Crippen MR) is 145 cm³/mol. The molecule has 212 valence electrons. The summed E-state index contributed by atoms with van der Waals surface area (Å²) in [6.45, 7) is 15.7. The van der Waals surface area contributed by atoms with Gasteiger partial charge in [0.15, 0.2) is 0 Å². The molecule has 11 heteroatoms. The monoisotopic (exact) mass is 534 g/mol. The number of carbonyl (C=O) groups excluding carboxylic acids is 4. The predicted octanol–water partition coefficient (Wildman–Crippen LogP) is 3.54. The third-order valence-corrected chi connectivity index (χ3v) is 4.41. The molecular formula is C27H42N4O7. The van der Waals surface area contributed by atoms with Gasteiger partial charge >= 0.3 is 12.2 Å². The minimum absolute atomic E-state index is 0.207. The molecule has 4 N–H and O–H groups in total. The molecule has 0 unspecified atom stereocenters. The molecule has 11 nitrogen and oxygen atoms in total. The number of alkyl carbamates (subject to hydrolysis) is 2. The maximum Gasteiger partial charge on any atom is 0.407 e. The van der Waals surface area contributed by atoms with Crippen LogP contribution < -0.4 is 26.0 Å². The molecule has 1 aromatic rings. The SMILES string of the molecule is C=CCOc1cc(C(=O)NCCCNC(=O)OC(C)(C)C)cc(C(=O)NCCCNC(=O)OC(C)(C)C)c1. The van der Waals surface area contributed by atoms with Crippen molar-refractivity contribution in [3.05, 3.63) is 42.0 Å². The van der Waals surface area contributed by atoms with Gasteiger partial charge in [0.1, 0.15) is 23.6 Å². The van der Waals surface area contributed by atoms with Crippen LogP contribution in [0.2, 0.25) is 0 Å². The molecule has 1 rings (SSSR count). The summed E-state index contributed by atoms with van der Waals surface area (Å²) < 4.78 is 15.9. The third-order valence-electron chi connectivity index (χ3n) is 4.41. The van der Waals surface area contributed by atoms with Crippen LogP contribution in [0.3, 0.4) is 0 Å². The van der Waals surface area contributed by atoms with E-state index in [1.807, 2.05) is 0 Å². The number of hydrogen-bond acceptors (Lipinski definition) is 7. The highest BCUT2D eigenvalue weighted by Gasteiger charge is 2.17. The maximum absolute atomic E-state index is 12.7. The summed E-state index contributed by atoms with van der Waals surface area (Å²) in [6.07, 6.45) is 1.49. The Labute approximate surface area is 225 Å². The summed E-state index contributed by atoms with van der Waals surface area (Å²) in [5.41, 5.74) is -0.664. The average Bonchev–Trinajstić information content (AvgIpc) is 2.79. The van der Waals surface area contributed by atoms with Crippen molar-refractivity contribution in [3.63, 3.8) is 0 Å². The first-order valence-corrected chi connectivity index (χ1v) is 12.6. The van der Waals surface area contributed by atoms with Crippen LogP contribution in [0.1, 0.15) is 75.1 Å². The van der Waals surface area contributed by atoms with Gasteiger partial charge in [0.2, 0.25) is 0 Å². The molecule has 38 heavy (non-hydrogen) atoms. The Kier molecular flexibility index (Phi) is 13.1. The van der Waals surface area contributed by atoms with E-state index >= 15 is 0 Å². The van der Waals surface area contributed by atoms with Crippen molar-refractivity contribution in [2.24, 2.45) is 0 Å². The topological polar surface area (TPSA) is 144 Å². The summed E-state index contributed by atoms with van der Waals surface area (Å²) in [4.78, 5) is 48.8. The van der Waals surface area contributed by atoms with Gasteiger partial charge in [0.05, 0.1) is 0 Å². The number of hydrogen-bond donors (Lipinski definition) is 4. The van der Waals surface area contributed by atoms with Gasteiger partial charge in [-0.3, -0.25) is 9.59 Å². The molecule has 0 heterocycles. The minimum Gasteiger partial charge on any atom is -0.490 e. The van der Waals surface area contributed by atoms with Crippen molar-refractivity contribution in [2.45, 2.75) is 65.6 Å². The summed E-state index contributed by atoms with van der Waals surface area (Å²) in [6, 6.07) is 4.56. The molecule has 0 saturated carbocycles. The molecule has 0 aliphatic heterocycles. The molecule has 0 atom stereocenters. The van der Waals surface area contributed by atoms with Crippen LogP contribution in [0.5, 0.6) is 5.75 Å². The molecular weight excluding hydrogens is 492 g/mol. The van der Waals surface area contributed by atoms with Gasteiger partial charge in [-0.05, 0) is 72.6 Å². The van der Waals surface area contributed by atoms with E-state index in [0.717, 1.165) is 0 Å². The van der Waals surface area contributed by atoms with Crippen molar-refractivity contribution < 1.29 is 33.4 Å². The van der Waals surface area contributed by atoms with E-state index in [1.54, 1.807) is 59.8 Å². The van der Waals surface area contributed by atoms with Crippen LogP contribution in [0.4, 0.5) is 9.59 Å². The number of carbonyl (C=O) groups is 4. The van der Waals surface area contributed by atoms with Crippen molar-refractivity contribution in [1.82, 2.24) is 21.3 Å². The third kappa shape index (κ3) is 14.7. The number of nitrogens with one attached hydrogen (secondary N) is 4. The van der Waals surface area contributed by atoms with Gasteiger partial charge in [0, 0.05) is 37.3 Å². The molecule has 1 aromatic carbocycles. The van der Waals surface area contributed by atoms with Crippen LogP contribution >= 0.6 is 0 Å². The lowest BCUT2D eigenvalue weighted by Gasteiger charge is -2.19. The van der Waals surface area contributed by atoms with Crippen LogP contribution in [-0.4, -0.2) is 68.0 Å². The summed E-state index contributed by atoms with van der Waals surface area (Å²) in [7, 11) is 0. The number of ether oxygens (including phenoxy) is 3. The molecule has 0 aliphatic rings. The second-order valence-electron chi connectivity index (χ2n) is 10.4. The zero-order chi connectivity index (χ0) is 28.8. The Balaban J connectivity index is 2.62. The largest absolute Gasteiger partial charge is 0.490 e. The first-order chi connectivity index (χ1) is 17.7. The van der Waals surface area contributed by atoms with Crippen molar-refractivity contribution >= 4 is 24.0 Å². The van der Waals surface area contributed by atoms with Crippen LogP contribution in [0.25, 0.3) is 0 Å². The zero-order valence-corrected chi connectivity index (χ0v) is 23.3. The Morgan fingerprint density at radius 1 is 0.711 bits per heavy atom. The molecule has 0 spiro atoms. The summed E-state index contributed by atoms with van der Waals surface area (Å²) >= 11 is 0. The fourth-order valence-electron chi connectivity index (χ4n) is 2.89. The quantitative estimate of drug-likeness (QED) is 0.224. The number of rotatable bonds is 13. The molecule has 0 saturated heterocycles. The molecule has 0 radical (unpaired) electrons. The summed E-state index contributed by atoms with van der Waals surface area (Å²) in [5, 5.41) is 10.8. The van der Waals surface area contributed by atoms with Crippen molar-refractivity contribution in [2.75, 3.05) is 32.8 Å². The Bertz CT molecular complexity index is 897. The first kappa shape index (κ1) is 32.3. The van der Waals surface area contributed by atoms with Gasteiger partial charge < -0.3 is 35.5 Å². The fourth-order valence-corrected chi connectivity index (χ4v) is 2.89. The standard InChI is InChI=1S/C27H42N4O7/c1-8-15-36-21-17-19(22(32)28-11-9-13-30-24(34)37-26(2,3)4)16-20(18-21)23(33)29-12-10-14-31-25(35)38-27(5,6)7/h8,16-18H,1,9-15H2,2-7H3,(H,28,32)(H,29,33)(H,30,34)(H,31,35). The summed E-state index contributed by atoms with van der Waals surface area (Å²) in [5.74, 6) is -0.426. The van der Waals surface area contributed by atoms with E-state index in [0.29, 0.717) is 44.8 Å². The molecule has 0 aromatic heterocycles.